The van der Waals surface area contributed by atoms with E-state index in [0.29, 0.717) is 31.4 Å². The number of carbonyl (C=O) groups is 6. The molecule has 15 heteroatoms. The first-order valence-electron chi connectivity index (χ1n) is 16.5. The second kappa shape index (κ2) is 20.6. The lowest BCUT2D eigenvalue weighted by atomic mass is 9.91. The Morgan fingerprint density at radius 1 is 0.745 bits per heavy atom. The van der Waals surface area contributed by atoms with Crippen LogP contribution in [0, 0.1) is 0 Å². The van der Waals surface area contributed by atoms with Crippen molar-refractivity contribution in [3.8, 4) is 0 Å². The summed E-state index contributed by atoms with van der Waals surface area (Å²) >= 11 is 0. The van der Waals surface area contributed by atoms with Crippen LogP contribution in [0.5, 0.6) is 0 Å². The monoisotopic (exact) mass is 715 g/mol. The predicted molar refractivity (Wildman–Crippen MR) is 176 cm³/mol. The van der Waals surface area contributed by atoms with Crippen LogP contribution in [0.3, 0.4) is 0 Å². The van der Waals surface area contributed by atoms with E-state index in [1.54, 1.807) is 30.3 Å². The van der Waals surface area contributed by atoms with Gasteiger partial charge < -0.3 is 43.2 Å². The van der Waals surface area contributed by atoms with Crippen molar-refractivity contribution in [2.45, 2.75) is 96.8 Å². The summed E-state index contributed by atoms with van der Waals surface area (Å²) in [7, 11) is 0. The Bertz CT molecular complexity index is 1450. The molecule has 278 valence electrons. The Kier molecular flexibility index (Phi) is 16.3. The van der Waals surface area contributed by atoms with Gasteiger partial charge in [-0.2, -0.15) is 0 Å². The fourth-order valence-corrected chi connectivity index (χ4v) is 5.20. The molecular weight excluding hydrogens is 670 g/mol. The minimum Gasteiger partial charge on any atom is -0.462 e. The summed E-state index contributed by atoms with van der Waals surface area (Å²) in [6.45, 7) is 4.12. The molecule has 15 nitrogen and oxygen atoms in total. The van der Waals surface area contributed by atoms with Gasteiger partial charge in [0.1, 0.15) is 32.0 Å². The van der Waals surface area contributed by atoms with Crippen molar-refractivity contribution in [1.29, 1.82) is 0 Å². The van der Waals surface area contributed by atoms with Gasteiger partial charge >= 0.3 is 35.9 Å². The highest BCUT2D eigenvalue weighted by atomic mass is 16.8. The van der Waals surface area contributed by atoms with Crippen LogP contribution >= 0.6 is 0 Å². The van der Waals surface area contributed by atoms with Crippen LogP contribution < -0.4 is 5.32 Å². The van der Waals surface area contributed by atoms with E-state index in [1.165, 1.54) is 0 Å². The molecule has 0 bridgehead atoms. The average Bonchev–Trinajstić information content (AvgIpc) is 3.09. The number of nitrogens with one attached hydrogen (secondary N) is 1. The summed E-state index contributed by atoms with van der Waals surface area (Å²) in [6, 6.07) is 18.1. The Morgan fingerprint density at radius 2 is 1.35 bits per heavy atom. The zero-order chi connectivity index (χ0) is 37.2. The molecule has 1 fully saturated rings. The second-order valence-electron chi connectivity index (χ2n) is 11.7. The minimum atomic E-state index is -2.26. The number of benzene rings is 2. The van der Waals surface area contributed by atoms with Crippen LogP contribution in [0.4, 0.5) is 4.79 Å². The number of carbonyl (C=O) groups excluding carboxylic acids is 6. The number of rotatable bonds is 18. The van der Waals surface area contributed by atoms with E-state index in [2.05, 4.69) is 5.32 Å². The Balaban J connectivity index is 1.79. The maximum Gasteiger partial charge on any atom is 0.407 e. The first-order valence-corrected chi connectivity index (χ1v) is 16.5. The number of hydrogen-bond acceptors (Lipinski definition) is 14. The number of alkyl carbamates (subject to hydrolysis) is 1. The van der Waals surface area contributed by atoms with Crippen molar-refractivity contribution >= 4 is 35.9 Å². The minimum absolute atomic E-state index is 0.0706. The van der Waals surface area contributed by atoms with Crippen molar-refractivity contribution in [1.82, 2.24) is 5.32 Å². The molecule has 1 amide bonds. The van der Waals surface area contributed by atoms with E-state index in [1.807, 2.05) is 30.3 Å². The van der Waals surface area contributed by atoms with Crippen LogP contribution in [0.25, 0.3) is 0 Å². The zero-order valence-corrected chi connectivity index (χ0v) is 29.2. The van der Waals surface area contributed by atoms with Gasteiger partial charge in [-0.3, -0.25) is 19.2 Å². The van der Waals surface area contributed by atoms with Gasteiger partial charge in [-0.05, 0) is 30.4 Å². The second-order valence-corrected chi connectivity index (χ2v) is 11.7. The topological polar surface area (TPSA) is 188 Å². The highest BCUT2D eigenvalue weighted by molar-refractivity contribution is 5.78. The third kappa shape index (κ3) is 14.0. The number of amides is 1. The van der Waals surface area contributed by atoms with Crippen LogP contribution in [0.1, 0.15) is 64.5 Å². The molecule has 1 N–H and O–H groups in total. The fourth-order valence-electron chi connectivity index (χ4n) is 5.20. The molecule has 5 atom stereocenters. The number of esters is 5. The standard InChI is InChI=1S/C36H45NO14/c1-24(38)44-23-31(49-26(3)40)33-32(50-27(4)41)30(48-25(2)39)20-36(51-33,34(42)45-21-28-14-8-5-9-15-28)47-19-13-7-12-18-37-35(43)46-22-29-16-10-6-11-17-29/h5-6,8-11,14-17,30-33H,7,12-13,18-23H2,1-4H3,(H,37,43)/t30-,31-,32-,33?,36-/m1/s1. The van der Waals surface area contributed by atoms with Crippen LogP contribution in [-0.4, -0.2) is 85.9 Å². The van der Waals surface area contributed by atoms with Crippen molar-refractivity contribution < 1.29 is 66.7 Å². The molecule has 2 aromatic carbocycles. The van der Waals surface area contributed by atoms with E-state index >= 15 is 0 Å². The lowest BCUT2D eigenvalue weighted by molar-refractivity contribution is -0.328. The van der Waals surface area contributed by atoms with Gasteiger partial charge in [0.05, 0.1) is 13.0 Å². The molecule has 2 aromatic rings. The van der Waals surface area contributed by atoms with Gasteiger partial charge in [0, 0.05) is 34.2 Å². The molecule has 1 saturated heterocycles. The van der Waals surface area contributed by atoms with Crippen LogP contribution in [0.2, 0.25) is 0 Å². The van der Waals surface area contributed by atoms with Crippen LogP contribution in [-0.2, 0) is 75.1 Å². The van der Waals surface area contributed by atoms with Crippen molar-refractivity contribution in [3.05, 3.63) is 71.8 Å². The number of unbranched alkanes of at least 4 members (excludes halogenated alkanes) is 2. The molecule has 1 aliphatic rings. The maximum absolute atomic E-state index is 13.9. The highest BCUT2D eigenvalue weighted by Crippen LogP contribution is 2.38. The largest absolute Gasteiger partial charge is 0.462 e. The Labute approximate surface area is 296 Å². The van der Waals surface area contributed by atoms with E-state index in [9.17, 15) is 28.8 Å². The van der Waals surface area contributed by atoms with Gasteiger partial charge in [-0.25, -0.2) is 9.59 Å². The van der Waals surface area contributed by atoms with Crippen molar-refractivity contribution in [3.63, 3.8) is 0 Å². The van der Waals surface area contributed by atoms with E-state index in [-0.39, 0.29) is 19.8 Å². The molecule has 0 saturated carbocycles. The van der Waals surface area contributed by atoms with Gasteiger partial charge in [0.25, 0.3) is 5.79 Å². The summed E-state index contributed by atoms with van der Waals surface area (Å²) < 4.78 is 44.8. The molecule has 1 unspecified atom stereocenters. The third-order valence-electron chi connectivity index (χ3n) is 7.40. The average molecular weight is 716 g/mol. The highest BCUT2D eigenvalue weighted by Gasteiger charge is 2.59. The number of hydrogen-bond donors (Lipinski definition) is 1. The molecule has 3 rings (SSSR count). The van der Waals surface area contributed by atoms with Crippen molar-refractivity contribution in [2.75, 3.05) is 19.8 Å². The smallest absolute Gasteiger partial charge is 0.407 e. The van der Waals surface area contributed by atoms with E-state index < -0.39 is 79.2 Å². The molecule has 0 radical (unpaired) electrons. The maximum atomic E-state index is 13.9. The Hall–Kier alpha value is -5.02. The predicted octanol–water partition coefficient (Wildman–Crippen LogP) is 3.69. The molecule has 51 heavy (non-hydrogen) atoms. The normalized spacial score (nSPS) is 20.2. The molecule has 1 aliphatic heterocycles. The van der Waals surface area contributed by atoms with E-state index in [4.69, 9.17) is 37.9 Å². The summed E-state index contributed by atoms with van der Waals surface area (Å²) in [5, 5.41) is 2.68. The molecule has 1 heterocycles. The SMILES string of the molecule is CC(=O)OC[C@@H](OC(C)=O)C1O[C@@](OCCCCCNC(=O)OCc2ccccc2)(C(=O)OCc2ccccc2)C[C@@H](OC(C)=O)[C@H]1OC(C)=O. The molecule has 0 spiro atoms. The first kappa shape index (κ1) is 40.4. The zero-order valence-electron chi connectivity index (χ0n) is 29.2. The quantitative estimate of drug-likeness (QED) is 0.134. The van der Waals surface area contributed by atoms with Gasteiger partial charge in [0.2, 0.25) is 0 Å². The lowest BCUT2D eigenvalue weighted by Gasteiger charge is -2.46. The van der Waals surface area contributed by atoms with Gasteiger partial charge in [0.15, 0.2) is 12.2 Å². The molecule has 0 aromatic heterocycles. The summed E-state index contributed by atoms with van der Waals surface area (Å²) in [4.78, 5) is 74.4. The summed E-state index contributed by atoms with van der Waals surface area (Å²) in [6.07, 6.45) is -5.31. The summed E-state index contributed by atoms with van der Waals surface area (Å²) in [5.74, 6) is -6.34. The lowest BCUT2D eigenvalue weighted by Crippen LogP contribution is -2.65. The molecular formula is C36H45NO14. The Morgan fingerprint density at radius 3 is 1.92 bits per heavy atom. The van der Waals surface area contributed by atoms with Crippen LogP contribution in [0.15, 0.2) is 60.7 Å². The first-order chi connectivity index (χ1) is 24.4. The van der Waals surface area contributed by atoms with Gasteiger partial charge in [-0.1, -0.05) is 60.7 Å². The van der Waals surface area contributed by atoms with Crippen molar-refractivity contribution in [2.24, 2.45) is 0 Å². The van der Waals surface area contributed by atoms with Gasteiger partial charge in [-0.15, -0.1) is 0 Å². The fraction of sp³-hybridized carbons (Fsp3) is 0.500. The number of ether oxygens (including phenoxy) is 8. The van der Waals surface area contributed by atoms with E-state index in [0.717, 1.165) is 33.3 Å². The third-order valence-corrected chi connectivity index (χ3v) is 7.40. The summed E-state index contributed by atoms with van der Waals surface area (Å²) in [5.41, 5.74) is 1.51. The molecule has 0 aliphatic carbocycles.